The van der Waals surface area contributed by atoms with E-state index in [1.807, 2.05) is 0 Å². The topological polar surface area (TPSA) is 61.8 Å². The van der Waals surface area contributed by atoms with Crippen molar-refractivity contribution in [2.24, 2.45) is 0 Å². The van der Waals surface area contributed by atoms with Crippen molar-refractivity contribution in [1.82, 2.24) is 0 Å². The zero-order chi connectivity index (χ0) is 47.7. The number of rotatable bonds is 57. The highest BCUT2D eigenvalue weighted by Crippen LogP contribution is 2.17. The smallest absolute Gasteiger partial charge is 0.306 e. The Kier molecular flexibility index (Phi) is 56.8. The van der Waals surface area contributed by atoms with E-state index in [0.29, 0.717) is 26.1 Å². The van der Waals surface area contributed by atoms with Crippen LogP contribution < -0.4 is 0 Å². The van der Waals surface area contributed by atoms with Crippen LogP contribution in [0.25, 0.3) is 0 Å². The molecule has 0 fully saturated rings. The van der Waals surface area contributed by atoms with Crippen LogP contribution in [-0.2, 0) is 23.8 Å². The third-order valence-electron chi connectivity index (χ3n) is 13.8. The van der Waals surface area contributed by atoms with Gasteiger partial charge in [0, 0.05) is 19.4 Å². The fourth-order valence-electron chi connectivity index (χ4n) is 9.27. The van der Waals surface area contributed by atoms with Gasteiger partial charge in [-0.25, -0.2) is 0 Å². The van der Waals surface area contributed by atoms with Gasteiger partial charge in [-0.15, -0.1) is 0 Å². The van der Waals surface area contributed by atoms with Gasteiger partial charge in [0.25, 0.3) is 0 Å². The van der Waals surface area contributed by atoms with E-state index in [-0.39, 0.29) is 18.5 Å². The van der Waals surface area contributed by atoms with E-state index in [1.54, 1.807) is 0 Å². The van der Waals surface area contributed by atoms with Crippen LogP contribution >= 0.6 is 0 Å². The summed E-state index contributed by atoms with van der Waals surface area (Å²) in [5.74, 6) is -0.373. The molecule has 0 saturated heterocycles. The number of hydrogen-bond donors (Lipinski definition) is 0. The molecule has 392 valence electrons. The van der Waals surface area contributed by atoms with Gasteiger partial charge < -0.3 is 14.2 Å². The molecule has 0 aromatic rings. The molecule has 0 aromatic heterocycles. The second kappa shape index (κ2) is 58.0. The first kappa shape index (κ1) is 64.6. The largest absolute Gasteiger partial charge is 0.462 e. The molecule has 0 aliphatic heterocycles. The van der Waals surface area contributed by atoms with Crippen LogP contribution in [-0.4, -0.2) is 37.9 Å². The van der Waals surface area contributed by atoms with Gasteiger partial charge in [0.1, 0.15) is 6.61 Å². The molecular weight excluding hydrogens is 813 g/mol. The molecule has 0 spiro atoms. The molecule has 0 aromatic carbocycles. The third kappa shape index (κ3) is 55.2. The van der Waals surface area contributed by atoms with Gasteiger partial charge >= 0.3 is 11.9 Å². The maximum absolute atomic E-state index is 12.9. The first-order chi connectivity index (χ1) is 32.6. The summed E-state index contributed by atoms with van der Waals surface area (Å²) in [6.07, 6.45) is 68.1. The van der Waals surface area contributed by atoms with Crippen molar-refractivity contribution in [2.45, 2.75) is 348 Å². The Hall–Kier alpha value is -1.36. The quantitative estimate of drug-likeness (QED) is 0.0345. The van der Waals surface area contributed by atoms with Crippen LogP contribution in [0.4, 0.5) is 0 Å². The Bertz CT molecular complexity index is 963. The van der Waals surface area contributed by atoms with Crippen LogP contribution in [0.3, 0.4) is 0 Å². The van der Waals surface area contributed by atoms with Crippen LogP contribution in [0.1, 0.15) is 342 Å². The first-order valence-corrected chi connectivity index (χ1v) is 30.2. The van der Waals surface area contributed by atoms with Gasteiger partial charge in [0.2, 0.25) is 0 Å². The predicted octanol–water partition coefficient (Wildman–Crippen LogP) is 20.6. The Morgan fingerprint density at radius 3 is 0.924 bits per heavy atom. The Morgan fingerprint density at radius 2 is 0.591 bits per heavy atom. The fraction of sp³-hybridized carbons (Fsp3) is 0.934. The van der Waals surface area contributed by atoms with Crippen LogP contribution in [0.2, 0.25) is 0 Å². The summed E-state index contributed by atoms with van der Waals surface area (Å²) in [7, 11) is 0. The summed E-state index contributed by atoms with van der Waals surface area (Å²) in [4.78, 5) is 25.5. The Labute approximate surface area is 414 Å². The predicted molar refractivity (Wildman–Crippen MR) is 289 cm³/mol. The van der Waals surface area contributed by atoms with Crippen molar-refractivity contribution in [2.75, 3.05) is 19.8 Å². The molecule has 1 unspecified atom stereocenters. The van der Waals surface area contributed by atoms with Gasteiger partial charge in [-0.05, 0) is 44.9 Å². The van der Waals surface area contributed by atoms with E-state index in [4.69, 9.17) is 14.2 Å². The molecule has 5 heteroatoms. The number of unbranched alkanes of at least 4 members (excludes halogenated alkanes) is 44. The monoisotopic (exact) mass is 931 g/mol. The van der Waals surface area contributed by atoms with Crippen LogP contribution in [0, 0.1) is 0 Å². The maximum Gasteiger partial charge on any atom is 0.306 e. The highest BCUT2D eigenvalue weighted by molar-refractivity contribution is 5.70. The molecule has 1 atom stereocenters. The molecule has 0 aliphatic carbocycles. The van der Waals surface area contributed by atoms with E-state index in [1.165, 1.54) is 276 Å². The summed E-state index contributed by atoms with van der Waals surface area (Å²) in [6, 6.07) is 0. The molecule has 0 bridgehead atoms. The molecule has 0 rings (SSSR count). The molecule has 0 radical (unpaired) electrons. The third-order valence-corrected chi connectivity index (χ3v) is 13.8. The molecule has 0 saturated carbocycles. The van der Waals surface area contributed by atoms with Gasteiger partial charge in [-0.1, -0.05) is 296 Å². The molecule has 0 heterocycles. The molecule has 66 heavy (non-hydrogen) atoms. The Balaban J connectivity index is 4.21. The van der Waals surface area contributed by atoms with Gasteiger partial charge in [-0.2, -0.15) is 0 Å². The fourth-order valence-corrected chi connectivity index (χ4v) is 9.27. The average Bonchev–Trinajstić information content (AvgIpc) is 3.32. The number of carbonyl (C=O) groups is 2. The molecule has 0 amide bonds. The molecular formula is C61H118O5. The highest BCUT2D eigenvalue weighted by atomic mass is 16.6. The number of esters is 2. The minimum Gasteiger partial charge on any atom is -0.462 e. The van der Waals surface area contributed by atoms with Crippen LogP contribution in [0.5, 0.6) is 0 Å². The summed E-state index contributed by atoms with van der Waals surface area (Å²) in [6.45, 7) is 7.91. The minimum atomic E-state index is -0.529. The lowest BCUT2D eigenvalue weighted by Crippen LogP contribution is -2.30. The van der Waals surface area contributed by atoms with E-state index in [2.05, 4.69) is 32.9 Å². The van der Waals surface area contributed by atoms with E-state index in [9.17, 15) is 9.59 Å². The Morgan fingerprint density at radius 1 is 0.318 bits per heavy atom. The second-order valence-corrected chi connectivity index (χ2v) is 20.6. The van der Waals surface area contributed by atoms with E-state index in [0.717, 1.165) is 32.1 Å². The van der Waals surface area contributed by atoms with Gasteiger partial charge in [0.15, 0.2) is 6.10 Å². The number of ether oxygens (including phenoxy) is 3. The highest BCUT2D eigenvalue weighted by Gasteiger charge is 2.18. The minimum absolute atomic E-state index is 0.0932. The molecule has 0 aliphatic rings. The van der Waals surface area contributed by atoms with Crippen molar-refractivity contribution >= 4 is 11.9 Å². The number of hydrogen-bond acceptors (Lipinski definition) is 5. The lowest BCUT2D eigenvalue weighted by Gasteiger charge is -2.18. The normalized spacial score (nSPS) is 12.1. The van der Waals surface area contributed by atoms with Crippen molar-refractivity contribution in [3.05, 3.63) is 12.2 Å². The first-order valence-electron chi connectivity index (χ1n) is 30.2. The lowest BCUT2D eigenvalue weighted by atomic mass is 10.0. The SMILES string of the molecule is CCCCCCCC/C=C\CCCCCCCCCC(=O)OCC(COCCCCCCCCCCCCCCCCCC)OC(=O)CCCCCCCCCCCCCCCCCCC. The van der Waals surface area contributed by atoms with Crippen molar-refractivity contribution in [3.8, 4) is 0 Å². The van der Waals surface area contributed by atoms with E-state index < -0.39 is 6.10 Å². The van der Waals surface area contributed by atoms with E-state index >= 15 is 0 Å². The standard InChI is InChI=1S/C61H118O5/c1-4-7-10-13-16-19-22-25-28-31-33-36-39-42-45-48-51-54-60(62)65-58-59(57-64-56-53-50-47-44-41-38-35-30-27-24-21-18-15-12-9-6-3)66-61(63)55-52-49-46-43-40-37-34-32-29-26-23-20-17-14-11-8-5-2/h25,28,59H,4-24,26-27,29-58H2,1-3H3/b28-25-. The van der Waals surface area contributed by atoms with Crippen molar-refractivity contribution in [3.63, 3.8) is 0 Å². The summed E-state index contributed by atoms with van der Waals surface area (Å²) in [5.41, 5.74) is 0. The van der Waals surface area contributed by atoms with Crippen LogP contribution in [0.15, 0.2) is 12.2 Å². The van der Waals surface area contributed by atoms with Crippen molar-refractivity contribution in [1.29, 1.82) is 0 Å². The van der Waals surface area contributed by atoms with Gasteiger partial charge in [0.05, 0.1) is 6.61 Å². The van der Waals surface area contributed by atoms with Crippen molar-refractivity contribution < 1.29 is 23.8 Å². The summed E-state index contributed by atoms with van der Waals surface area (Å²) >= 11 is 0. The number of allylic oxidation sites excluding steroid dienone is 2. The average molecular weight is 932 g/mol. The summed E-state index contributed by atoms with van der Waals surface area (Å²) < 4.78 is 17.5. The lowest BCUT2D eigenvalue weighted by molar-refractivity contribution is -0.163. The van der Waals surface area contributed by atoms with Gasteiger partial charge in [-0.3, -0.25) is 9.59 Å². The maximum atomic E-state index is 12.9. The summed E-state index contributed by atoms with van der Waals surface area (Å²) in [5, 5.41) is 0. The molecule has 0 N–H and O–H groups in total. The zero-order valence-corrected chi connectivity index (χ0v) is 45.2. The number of carbonyl (C=O) groups excluding carboxylic acids is 2. The second-order valence-electron chi connectivity index (χ2n) is 20.6. The molecule has 5 nitrogen and oxygen atoms in total. The zero-order valence-electron chi connectivity index (χ0n) is 45.2.